The number of likely N-dealkylation sites (tertiary alicyclic amines) is 1. The second kappa shape index (κ2) is 6.54. The van der Waals surface area contributed by atoms with Crippen molar-refractivity contribution in [2.75, 3.05) is 12.4 Å². The molecule has 1 saturated carbocycles. The fourth-order valence-corrected chi connectivity index (χ4v) is 6.49. The van der Waals surface area contributed by atoms with Gasteiger partial charge in [-0.3, -0.25) is 4.79 Å². The molecule has 6 nitrogen and oxygen atoms in total. The molecule has 1 aliphatic carbocycles. The maximum absolute atomic E-state index is 13.6. The van der Waals surface area contributed by atoms with Gasteiger partial charge in [0, 0.05) is 31.0 Å². The highest BCUT2D eigenvalue weighted by Gasteiger charge is 2.64. The average molecular weight is 419 g/mol. The molecule has 3 aliphatic rings. The summed E-state index contributed by atoms with van der Waals surface area (Å²) in [5.74, 6) is 0.987. The number of amides is 1. The van der Waals surface area contributed by atoms with Gasteiger partial charge in [0.1, 0.15) is 10.8 Å². The Morgan fingerprint density at radius 3 is 2.80 bits per heavy atom. The first-order chi connectivity index (χ1) is 14.7. The van der Waals surface area contributed by atoms with E-state index < -0.39 is 5.72 Å². The Balaban J connectivity index is 1.43. The van der Waals surface area contributed by atoms with Gasteiger partial charge in [-0.15, -0.1) is 10.2 Å². The van der Waals surface area contributed by atoms with Crippen LogP contribution in [0.5, 0.6) is 5.75 Å². The SMILES string of the molecule is CN1C(=O)C(c2nnc(Nc3ccccc3)s2)C2c3ccccc3OC13CCCC23. The van der Waals surface area contributed by atoms with Crippen LogP contribution in [0.4, 0.5) is 10.8 Å². The Morgan fingerprint density at radius 2 is 1.93 bits per heavy atom. The maximum Gasteiger partial charge on any atom is 0.236 e. The molecule has 1 N–H and O–H groups in total. The Morgan fingerprint density at radius 1 is 1.13 bits per heavy atom. The number of nitrogens with zero attached hydrogens (tertiary/aromatic N) is 3. The van der Waals surface area contributed by atoms with E-state index in [-0.39, 0.29) is 23.7 Å². The van der Waals surface area contributed by atoms with Crippen LogP contribution in [0.1, 0.15) is 41.7 Å². The summed E-state index contributed by atoms with van der Waals surface area (Å²) in [5.41, 5.74) is 1.56. The van der Waals surface area contributed by atoms with E-state index in [2.05, 4.69) is 21.6 Å². The Labute approximate surface area is 178 Å². The van der Waals surface area contributed by atoms with Crippen LogP contribution in [0.3, 0.4) is 0 Å². The third kappa shape index (κ3) is 2.45. The summed E-state index contributed by atoms with van der Waals surface area (Å²) < 4.78 is 6.53. The van der Waals surface area contributed by atoms with Gasteiger partial charge in [-0.2, -0.15) is 0 Å². The maximum atomic E-state index is 13.6. The van der Waals surface area contributed by atoms with Gasteiger partial charge in [-0.1, -0.05) is 47.7 Å². The highest BCUT2D eigenvalue weighted by molar-refractivity contribution is 7.15. The number of piperidine rings is 1. The lowest BCUT2D eigenvalue weighted by Gasteiger charge is -2.55. The van der Waals surface area contributed by atoms with E-state index in [1.165, 1.54) is 11.3 Å². The number of carbonyl (C=O) groups is 1. The molecule has 1 amide bonds. The van der Waals surface area contributed by atoms with Crippen molar-refractivity contribution in [1.29, 1.82) is 0 Å². The van der Waals surface area contributed by atoms with Gasteiger partial charge in [0.15, 0.2) is 5.72 Å². The third-order valence-electron chi connectivity index (χ3n) is 6.88. The molecule has 3 heterocycles. The minimum Gasteiger partial charge on any atom is -0.467 e. The fourth-order valence-electron chi connectivity index (χ4n) is 5.59. The summed E-state index contributed by atoms with van der Waals surface area (Å²) in [7, 11) is 1.89. The summed E-state index contributed by atoms with van der Waals surface area (Å²) in [4.78, 5) is 15.5. The number of rotatable bonds is 3. The zero-order valence-corrected chi connectivity index (χ0v) is 17.4. The van der Waals surface area contributed by atoms with Crippen LogP contribution < -0.4 is 10.1 Å². The number of fused-ring (bicyclic) bond motifs is 2. The van der Waals surface area contributed by atoms with E-state index in [0.29, 0.717) is 5.13 Å². The largest absolute Gasteiger partial charge is 0.467 e. The molecule has 6 rings (SSSR count). The monoisotopic (exact) mass is 418 g/mol. The Hall–Kier alpha value is -2.93. The van der Waals surface area contributed by atoms with Gasteiger partial charge >= 0.3 is 0 Å². The summed E-state index contributed by atoms with van der Waals surface area (Å²) in [6, 6.07) is 18.1. The highest BCUT2D eigenvalue weighted by Crippen LogP contribution is 2.61. The Bertz CT molecular complexity index is 1120. The molecular formula is C23H22N4O2S. The first kappa shape index (κ1) is 17.9. The predicted octanol–water partition coefficient (Wildman–Crippen LogP) is 4.51. The summed E-state index contributed by atoms with van der Waals surface area (Å²) in [6.45, 7) is 0. The molecule has 2 bridgehead atoms. The lowest BCUT2D eigenvalue weighted by molar-refractivity contribution is -0.178. The molecule has 1 aromatic heterocycles. The average Bonchev–Trinajstić information content (AvgIpc) is 3.41. The predicted molar refractivity (Wildman–Crippen MR) is 115 cm³/mol. The van der Waals surface area contributed by atoms with Crippen LogP contribution in [0.2, 0.25) is 0 Å². The quantitative estimate of drug-likeness (QED) is 0.678. The van der Waals surface area contributed by atoms with Gasteiger partial charge < -0.3 is 15.0 Å². The second-order valence-electron chi connectivity index (χ2n) is 8.32. The molecule has 2 aromatic carbocycles. The molecule has 3 aromatic rings. The van der Waals surface area contributed by atoms with Gasteiger partial charge in [-0.25, -0.2) is 0 Å². The number of likely N-dealkylation sites (N-methyl/N-ethyl adjacent to an activating group) is 1. The van der Waals surface area contributed by atoms with Crippen molar-refractivity contribution >= 4 is 28.1 Å². The first-order valence-corrected chi connectivity index (χ1v) is 11.2. The number of hydrogen-bond acceptors (Lipinski definition) is 6. The van der Waals surface area contributed by atoms with Crippen molar-refractivity contribution in [1.82, 2.24) is 15.1 Å². The van der Waals surface area contributed by atoms with Gasteiger partial charge in [0.2, 0.25) is 11.0 Å². The number of benzene rings is 2. The molecule has 0 spiro atoms. The van der Waals surface area contributed by atoms with Crippen molar-refractivity contribution < 1.29 is 9.53 Å². The van der Waals surface area contributed by atoms with Crippen LogP contribution in [-0.2, 0) is 4.79 Å². The van der Waals surface area contributed by atoms with Gasteiger partial charge in [-0.05, 0) is 36.6 Å². The first-order valence-electron chi connectivity index (χ1n) is 10.4. The number of anilines is 2. The van der Waals surface area contributed by atoms with E-state index in [4.69, 9.17) is 4.74 Å². The smallest absolute Gasteiger partial charge is 0.236 e. The Kier molecular flexibility index (Phi) is 3.90. The van der Waals surface area contributed by atoms with E-state index in [1.807, 2.05) is 60.5 Å². The lowest BCUT2D eigenvalue weighted by atomic mass is 9.67. The van der Waals surface area contributed by atoms with E-state index in [0.717, 1.165) is 41.3 Å². The topological polar surface area (TPSA) is 67.4 Å². The number of nitrogens with one attached hydrogen (secondary N) is 1. The molecule has 4 unspecified atom stereocenters. The van der Waals surface area contributed by atoms with Crippen LogP contribution in [0, 0.1) is 5.92 Å². The lowest BCUT2D eigenvalue weighted by Crippen LogP contribution is -2.65. The molecular weight excluding hydrogens is 396 g/mol. The molecule has 2 aliphatic heterocycles. The molecule has 152 valence electrons. The van der Waals surface area contributed by atoms with Crippen LogP contribution in [-0.4, -0.2) is 33.8 Å². The summed E-state index contributed by atoms with van der Waals surface area (Å²) in [6.07, 6.45) is 3.01. The van der Waals surface area contributed by atoms with Gasteiger partial charge in [0.05, 0.1) is 5.92 Å². The van der Waals surface area contributed by atoms with Crippen molar-refractivity contribution in [3.63, 3.8) is 0 Å². The molecule has 4 atom stereocenters. The van der Waals surface area contributed by atoms with Crippen molar-refractivity contribution in [2.24, 2.45) is 5.92 Å². The summed E-state index contributed by atoms with van der Waals surface area (Å²) >= 11 is 1.47. The number of carbonyl (C=O) groups excluding carboxylic acids is 1. The molecule has 7 heteroatoms. The van der Waals surface area contributed by atoms with Crippen LogP contribution >= 0.6 is 11.3 Å². The van der Waals surface area contributed by atoms with Crippen LogP contribution in [0.15, 0.2) is 54.6 Å². The van der Waals surface area contributed by atoms with E-state index >= 15 is 0 Å². The van der Waals surface area contributed by atoms with Gasteiger partial charge in [0.25, 0.3) is 0 Å². The number of hydrogen-bond donors (Lipinski definition) is 1. The number of ether oxygens (including phenoxy) is 1. The standard InChI is InChI=1S/C23H22N4O2S/c1-27-21(28)19(20-25-26-22(30-20)24-14-8-3-2-4-9-14)18-15-10-5-6-12-17(15)29-23(27)13-7-11-16(18)23/h2-6,8-10,12,16,18-19H,7,11,13H2,1H3,(H,24,26). The van der Waals surface area contributed by atoms with E-state index in [1.54, 1.807) is 0 Å². The summed E-state index contributed by atoms with van der Waals surface area (Å²) in [5, 5.41) is 13.6. The molecule has 30 heavy (non-hydrogen) atoms. The van der Waals surface area contributed by atoms with Crippen molar-refractivity contribution in [2.45, 2.75) is 36.8 Å². The minimum atomic E-state index is -0.525. The normalized spacial score (nSPS) is 29.2. The zero-order valence-electron chi connectivity index (χ0n) is 16.6. The van der Waals surface area contributed by atoms with Crippen LogP contribution in [0.25, 0.3) is 0 Å². The second-order valence-corrected chi connectivity index (χ2v) is 9.33. The fraction of sp³-hybridized carbons (Fsp3) is 0.348. The zero-order chi connectivity index (χ0) is 20.3. The van der Waals surface area contributed by atoms with Crippen molar-refractivity contribution in [3.8, 4) is 5.75 Å². The molecule has 0 radical (unpaired) electrons. The van der Waals surface area contributed by atoms with Crippen molar-refractivity contribution in [3.05, 3.63) is 65.2 Å². The third-order valence-corrected chi connectivity index (χ3v) is 7.80. The highest BCUT2D eigenvalue weighted by atomic mass is 32.1. The van der Waals surface area contributed by atoms with E-state index in [9.17, 15) is 4.79 Å². The number of para-hydroxylation sites is 2. The molecule has 1 saturated heterocycles. The minimum absolute atomic E-state index is 0.0682. The molecule has 2 fully saturated rings. The number of aromatic nitrogens is 2.